The van der Waals surface area contributed by atoms with Gasteiger partial charge in [0.15, 0.2) is 21.2 Å². The van der Waals surface area contributed by atoms with Gasteiger partial charge in [-0.1, -0.05) is 42.5 Å². The fourth-order valence-corrected chi connectivity index (χ4v) is 8.13. The lowest BCUT2D eigenvalue weighted by Crippen LogP contribution is -2.60. The number of halogens is 2. The minimum atomic E-state index is -1.90. The van der Waals surface area contributed by atoms with Gasteiger partial charge >= 0.3 is 0 Å². The second kappa shape index (κ2) is 9.46. The zero-order valence-electron chi connectivity index (χ0n) is 22.5. The number of imide groups is 2. The summed E-state index contributed by atoms with van der Waals surface area (Å²) < 4.78 is 5.60. The predicted octanol–water partition coefficient (Wildman–Crippen LogP) is 4.63. The summed E-state index contributed by atoms with van der Waals surface area (Å²) in [5, 5.41) is 10.4. The number of carbonyl (C=O) groups is 4. The van der Waals surface area contributed by atoms with Crippen molar-refractivity contribution < 1.29 is 29.0 Å². The highest BCUT2D eigenvalue weighted by atomic mass is 35.5. The van der Waals surface area contributed by atoms with Crippen LogP contribution in [0.1, 0.15) is 36.8 Å². The van der Waals surface area contributed by atoms with Crippen molar-refractivity contribution in [2.45, 2.75) is 35.4 Å². The maximum absolute atomic E-state index is 14.0. The zero-order chi connectivity index (χ0) is 29.4. The van der Waals surface area contributed by atoms with Crippen LogP contribution < -0.4 is 9.64 Å². The van der Waals surface area contributed by atoms with Gasteiger partial charge in [-0.2, -0.15) is 0 Å². The molecule has 4 amide bonds. The summed E-state index contributed by atoms with van der Waals surface area (Å²) >= 11 is 14.4. The van der Waals surface area contributed by atoms with Gasteiger partial charge in [0.05, 0.1) is 24.1 Å². The first-order valence-corrected chi connectivity index (χ1v) is 14.2. The third-order valence-corrected chi connectivity index (χ3v) is 10.4. The average molecular weight is 595 g/mol. The topological polar surface area (TPSA) is 104 Å². The lowest BCUT2D eigenvalue weighted by Gasteiger charge is -2.50. The van der Waals surface area contributed by atoms with Gasteiger partial charge in [-0.05, 0) is 61.1 Å². The molecule has 6 atom stereocenters. The number of phenolic OH excluding ortho intramolecular Hbond substituents is 1. The molecule has 4 aliphatic rings. The number of rotatable bonds is 5. The Balaban J connectivity index is 1.50. The number of anilines is 1. The van der Waals surface area contributed by atoms with Crippen LogP contribution in [0.25, 0.3) is 6.08 Å². The minimum Gasteiger partial charge on any atom is -0.504 e. The summed E-state index contributed by atoms with van der Waals surface area (Å²) in [6.07, 6.45) is 3.71. The fraction of sp³-hybridized carbons (Fsp3) is 0.355. The number of nitrogens with zero attached hydrogens (tertiary/aromatic N) is 2. The van der Waals surface area contributed by atoms with E-state index in [1.54, 1.807) is 49.4 Å². The number of fused-ring (bicyclic) bond motifs is 4. The third kappa shape index (κ3) is 3.59. The summed E-state index contributed by atoms with van der Waals surface area (Å²) in [6, 6.07) is 11.6. The van der Waals surface area contributed by atoms with Crippen molar-refractivity contribution in [3.05, 3.63) is 71.8 Å². The number of allylic oxidation sites excluding steroid dienone is 2. The van der Waals surface area contributed by atoms with E-state index in [9.17, 15) is 24.3 Å². The van der Waals surface area contributed by atoms with E-state index in [1.807, 2.05) is 6.08 Å². The Kier molecular flexibility index (Phi) is 6.36. The van der Waals surface area contributed by atoms with Crippen LogP contribution in [-0.2, 0) is 19.2 Å². The molecule has 8 nitrogen and oxygen atoms in total. The van der Waals surface area contributed by atoms with E-state index in [2.05, 4.69) is 6.58 Å². The number of alkyl halides is 2. The molecule has 2 aromatic carbocycles. The molecule has 212 valence electrons. The molecule has 6 unspecified atom stereocenters. The first-order valence-electron chi connectivity index (χ1n) is 13.5. The summed E-state index contributed by atoms with van der Waals surface area (Å²) in [4.78, 5) is 53.3. The van der Waals surface area contributed by atoms with Gasteiger partial charge in [0.25, 0.3) is 11.8 Å². The van der Waals surface area contributed by atoms with Crippen molar-refractivity contribution >= 4 is 58.6 Å². The number of phenols is 1. The first-order chi connectivity index (χ1) is 19.5. The number of benzene rings is 2. The van der Waals surface area contributed by atoms with Gasteiger partial charge < -0.3 is 9.84 Å². The zero-order valence-corrected chi connectivity index (χ0v) is 24.0. The van der Waals surface area contributed by atoms with Crippen LogP contribution in [0.5, 0.6) is 11.5 Å². The van der Waals surface area contributed by atoms with E-state index in [0.717, 1.165) is 10.5 Å². The molecule has 2 aromatic rings. The Labute approximate surface area is 247 Å². The molecule has 6 rings (SSSR count). The Morgan fingerprint density at radius 3 is 2.41 bits per heavy atom. The largest absolute Gasteiger partial charge is 0.504 e. The minimum absolute atomic E-state index is 0.0882. The van der Waals surface area contributed by atoms with Crippen molar-refractivity contribution in [3.63, 3.8) is 0 Å². The van der Waals surface area contributed by atoms with Crippen LogP contribution in [-0.4, -0.2) is 57.0 Å². The molecule has 1 N–H and O–H groups in total. The molecule has 1 saturated carbocycles. The van der Waals surface area contributed by atoms with Crippen LogP contribution >= 0.6 is 23.2 Å². The van der Waals surface area contributed by atoms with E-state index in [0.29, 0.717) is 16.8 Å². The Hall–Kier alpha value is -3.62. The maximum atomic E-state index is 14.0. The molecular weight excluding hydrogens is 567 g/mol. The molecule has 2 heterocycles. The molecule has 41 heavy (non-hydrogen) atoms. The van der Waals surface area contributed by atoms with E-state index >= 15 is 0 Å². The highest BCUT2D eigenvalue weighted by Crippen LogP contribution is 2.65. The third-order valence-electron chi connectivity index (χ3n) is 9.02. The van der Waals surface area contributed by atoms with Crippen LogP contribution in [0, 0.1) is 17.8 Å². The second-order valence-electron chi connectivity index (χ2n) is 11.0. The summed E-state index contributed by atoms with van der Waals surface area (Å²) in [5.74, 6) is -4.91. The number of hydrogen-bond acceptors (Lipinski definition) is 6. The lowest BCUT2D eigenvalue weighted by atomic mass is 9.56. The van der Waals surface area contributed by atoms with Gasteiger partial charge in [0.2, 0.25) is 11.8 Å². The number of hydrogen-bond donors (Lipinski definition) is 1. The Morgan fingerprint density at radius 1 is 1.05 bits per heavy atom. The van der Waals surface area contributed by atoms with Crippen molar-refractivity contribution in [3.8, 4) is 11.5 Å². The maximum Gasteiger partial charge on any atom is 0.253 e. The van der Waals surface area contributed by atoms with Gasteiger partial charge in [-0.25, -0.2) is 0 Å². The van der Waals surface area contributed by atoms with Crippen molar-refractivity contribution in [1.29, 1.82) is 0 Å². The number of likely N-dealkylation sites (tertiary alicyclic amines) is 1. The molecule has 0 spiro atoms. The Morgan fingerprint density at radius 2 is 1.76 bits per heavy atom. The second-order valence-corrected chi connectivity index (χ2v) is 12.2. The smallest absolute Gasteiger partial charge is 0.253 e. The first kappa shape index (κ1) is 27.5. The van der Waals surface area contributed by atoms with Crippen LogP contribution in [0.2, 0.25) is 0 Å². The fourth-order valence-electron chi connectivity index (χ4n) is 7.11. The summed E-state index contributed by atoms with van der Waals surface area (Å²) in [7, 11) is 1.34. The highest BCUT2D eigenvalue weighted by molar-refractivity contribution is 6.53. The molecule has 2 saturated heterocycles. The molecule has 0 aromatic heterocycles. The molecule has 2 aliphatic carbocycles. The summed E-state index contributed by atoms with van der Waals surface area (Å²) in [5.41, 5.74) is 2.48. The molecular formula is C31H28Cl2N2O6. The molecule has 0 bridgehead atoms. The van der Waals surface area contributed by atoms with E-state index in [-0.39, 0.29) is 42.8 Å². The van der Waals surface area contributed by atoms with Crippen molar-refractivity contribution in [1.82, 2.24) is 4.90 Å². The van der Waals surface area contributed by atoms with Gasteiger partial charge in [-0.3, -0.25) is 29.0 Å². The number of aromatic hydroxyl groups is 1. The average Bonchev–Trinajstić information content (AvgIpc) is 3.29. The van der Waals surface area contributed by atoms with Crippen LogP contribution in [0.15, 0.2) is 60.7 Å². The normalized spacial score (nSPS) is 32.4. The van der Waals surface area contributed by atoms with Gasteiger partial charge in [0, 0.05) is 13.0 Å². The molecule has 3 fully saturated rings. The van der Waals surface area contributed by atoms with Gasteiger partial charge in [-0.15, -0.1) is 23.2 Å². The van der Waals surface area contributed by atoms with E-state index in [4.69, 9.17) is 27.9 Å². The molecule has 2 aliphatic heterocycles. The Bertz CT molecular complexity index is 1550. The van der Waals surface area contributed by atoms with Crippen LogP contribution in [0.3, 0.4) is 0 Å². The predicted molar refractivity (Wildman–Crippen MR) is 154 cm³/mol. The quantitative estimate of drug-likeness (QED) is 0.307. The number of carbonyl (C=O) groups excluding carboxylic acids is 4. The lowest BCUT2D eigenvalue weighted by molar-refractivity contribution is -0.138. The monoisotopic (exact) mass is 594 g/mol. The highest BCUT2D eigenvalue weighted by Gasteiger charge is 2.75. The van der Waals surface area contributed by atoms with Crippen molar-refractivity contribution in [2.75, 3.05) is 18.6 Å². The summed E-state index contributed by atoms with van der Waals surface area (Å²) in [6.45, 7) is 5.80. The van der Waals surface area contributed by atoms with E-state index in [1.165, 1.54) is 18.0 Å². The SMILES string of the molecule is C=Cc1ccc(N2C(=O)C3CC=C4C(CC5(Cl)C(=O)N(C)C(=O)C5(Cl)C4c4ccc(O)c(OCC)c4)C3C2=O)cc1. The van der Waals surface area contributed by atoms with Crippen molar-refractivity contribution in [2.24, 2.45) is 17.8 Å². The number of ether oxygens (including phenoxy) is 1. The van der Waals surface area contributed by atoms with Crippen LogP contribution in [0.4, 0.5) is 5.69 Å². The number of amides is 4. The van der Waals surface area contributed by atoms with E-state index < -0.39 is 45.2 Å². The standard InChI is InChI=1S/C31H28Cl2N2O6/c1-4-16-6-9-18(10-7-16)35-26(37)20-12-11-19-21(24(20)27(35)38)15-30(32)28(39)34(3)29(40)31(30,33)25(19)17-8-13-22(36)23(14-17)41-5-2/h4,6-11,13-14,20-21,24-25,36H,1,5,12,15H2,2-3H3. The molecule has 10 heteroatoms. The van der Waals surface area contributed by atoms with Gasteiger partial charge in [0.1, 0.15) is 0 Å². The molecule has 0 radical (unpaired) electrons.